The quantitative estimate of drug-likeness (QED) is 0.249. The number of allylic oxidation sites excluding steroid dienone is 3. The van der Waals surface area contributed by atoms with Crippen molar-refractivity contribution in [3.05, 3.63) is 82.5 Å². The van der Waals surface area contributed by atoms with Gasteiger partial charge in [0.2, 0.25) is 0 Å². The second-order valence-electron chi connectivity index (χ2n) is 6.82. The van der Waals surface area contributed by atoms with Gasteiger partial charge in [0, 0.05) is 24.2 Å². The number of phenols is 1. The molecule has 0 spiro atoms. The molecular formula is C24H25Cl2N3O3. The fraction of sp³-hybridized carbons (Fsp3) is 0.208. The third-order valence-corrected chi connectivity index (χ3v) is 5.43. The van der Waals surface area contributed by atoms with Crippen LogP contribution in [-0.2, 0) is 11.2 Å². The number of phenolic OH excluding ortho intramolecular Hbond substituents is 1. The molecule has 0 aliphatic carbocycles. The molecule has 2 aromatic rings. The molecule has 3 N–H and O–H groups in total. The molecule has 0 saturated carbocycles. The van der Waals surface area contributed by atoms with Gasteiger partial charge >= 0.3 is 5.97 Å². The summed E-state index contributed by atoms with van der Waals surface area (Å²) in [5, 5.41) is 24.6. The number of pyridine rings is 1. The summed E-state index contributed by atoms with van der Waals surface area (Å²) in [5.74, 6) is -0.614. The van der Waals surface area contributed by atoms with E-state index in [0.29, 0.717) is 27.9 Å². The minimum Gasteiger partial charge on any atom is -0.505 e. The predicted octanol–water partition coefficient (Wildman–Crippen LogP) is 5.62. The number of aromatic nitrogens is 1. The van der Waals surface area contributed by atoms with Crippen LogP contribution in [0.5, 0.6) is 5.75 Å². The van der Waals surface area contributed by atoms with E-state index in [0.717, 1.165) is 6.42 Å². The molecule has 0 radical (unpaired) electrons. The zero-order chi connectivity index (χ0) is 23.8. The van der Waals surface area contributed by atoms with Crippen molar-refractivity contribution >= 4 is 45.9 Å². The number of hydrogen-bond acceptors (Lipinski definition) is 4. The Morgan fingerprint density at radius 2 is 2.12 bits per heavy atom. The smallest absolute Gasteiger partial charge is 0.307 e. The number of nitrogens with one attached hydrogen (secondary N) is 1. The molecular weight excluding hydrogens is 449 g/mol. The van der Waals surface area contributed by atoms with Crippen LogP contribution < -0.4 is 5.32 Å². The third kappa shape index (κ3) is 5.78. The second kappa shape index (κ2) is 11.5. The van der Waals surface area contributed by atoms with Crippen LogP contribution in [0, 0.1) is 0 Å². The molecule has 6 nitrogen and oxygen atoms in total. The molecule has 8 heteroatoms. The topological polar surface area (TPSA) is 94.8 Å². The Balaban J connectivity index is 2.86. The van der Waals surface area contributed by atoms with Crippen molar-refractivity contribution in [2.45, 2.75) is 25.8 Å². The standard InChI is InChI=1S/C24H25Cl2N3O3/c1-5-7-10-19(27-4)29-22(16(6-2)21(26)14(3)25)18-12-15(13-20(30)31)17-9-8-11-28-23(17)24(18)32/h6-12,22,32H,2-3,5,13H2,1,4H3,(H,27,29)(H,30,31)/b10-7-,21-16-. The maximum Gasteiger partial charge on any atom is 0.307 e. The molecule has 0 aliphatic heterocycles. The van der Waals surface area contributed by atoms with E-state index in [4.69, 9.17) is 23.2 Å². The fourth-order valence-electron chi connectivity index (χ4n) is 3.23. The highest BCUT2D eigenvalue weighted by atomic mass is 35.5. The number of aromatic hydroxyl groups is 1. The van der Waals surface area contributed by atoms with Crippen molar-refractivity contribution in [2.24, 2.45) is 4.99 Å². The average molecular weight is 474 g/mol. The Labute approximate surface area is 197 Å². The first kappa shape index (κ1) is 25.2. The van der Waals surface area contributed by atoms with E-state index in [-0.39, 0.29) is 27.8 Å². The number of carboxylic acids is 1. The summed E-state index contributed by atoms with van der Waals surface area (Å²) >= 11 is 12.5. The Morgan fingerprint density at radius 1 is 1.41 bits per heavy atom. The number of carbonyl (C=O) groups is 1. The van der Waals surface area contributed by atoms with Crippen LogP contribution in [0.3, 0.4) is 0 Å². The summed E-state index contributed by atoms with van der Waals surface area (Å²) in [4.78, 5) is 20.0. The maximum atomic E-state index is 11.5. The number of aliphatic imine (C=N–C) groups is 1. The summed E-state index contributed by atoms with van der Waals surface area (Å²) < 4.78 is 0. The number of aliphatic carboxylic acids is 1. The van der Waals surface area contributed by atoms with Crippen molar-refractivity contribution in [3.63, 3.8) is 0 Å². The van der Waals surface area contributed by atoms with Crippen molar-refractivity contribution in [1.82, 2.24) is 10.3 Å². The van der Waals surface area contributed by atoms with Gasteiger partial charge in [-0.05, 0) is 35.8 Å². The van der Waals surface area contributed by atoms with E-state index in [1.165, 1.54) is 12.3 Å². The number of benzene rings is 1. The number of halogens is 2. The predicted molar refractivity (Wildman–Crippen MR) is 131 cm³/mol. The van der Waals surface area contributed by atoms with E-state index in [9.17, 15) is 15.0 Å². The molecule has 1 unspecified atom stereocenters. The van der Waals surface area contributed by atoms with Gasteiger partial charge in [-0.15, -0.1) is 0 Å². The van der Waals surface area contributed by atoms with Crippen LogP contribution in [0.2, 0.25) is 0 Å². The molecule has 0 amide bonds. The van der Waals surface area contributed by atoms with Crippen LogP contribution in [0.25, 0.3) is 10.9 Å². The van der Waals surface area contributed by atoms with Crippen molar-refractivity contribution < 1.29 is 15.0 Å². The van der Waals surface area contributed by atoms with Gasteiger partial charge in [-0.1, -0.05) is 61.5 Å². The first-order valence-corrected chi connectivity index (χ1v) is 10.6. The highest BCUT2D eigenvalue weighted by molar-refractivity contribution is 6.44. The van der Waals surface area contributed by atoms with Gasteiger partial charge in [0.25, 0.3) is 0 Å². The van der Waals surface area contributed by atoms with Gasteiger partial charge in [0.15, 0.2) is 0 Å². The number of fused-ring (bicyclic) bond motifs is 1. The average Bonchev–Trinajstić information content (AvgIpc) is 2.77. The van der Waals surface area contributed by atoms with Gasteiger partial charge in [0.1, 0.15) is 17.1 Å². The number of amidine groups is 1. The number of rotatable bonds is 9. The third-order valence-electron chi connectivity index (χ3n) is 4.70. The van der Waals surface area contributed by atoms with Crippen LogP contribution in [0.1, 0.15) is 30.5 Å². The van der Waals surface area contributed by atoms with E-state index in [1.54, 1.807) is 31.3 Å². The van der Waals surface area contributed by atoms with E-state index in [2.05, 4.69) is 28.5 Å². The molecule has 0 fully saturated rings. The lowest BCUT2D eigenvalue weighted by Gasteiger charge is -2.25. The van der Waals surface area contributed by atoms with Crippen molar-refractivity contribution in [2.75, 3.05) is 7.05 Å². The van der Waals surface area contributed by atoms with Crippen LogP contribution in [-0.4, -0.2) is 34.0 Å². The SMILES string of the molecule is C=C/C(=C(/Cl)C(=C)Cl)C(NC(/C=C\CC)=NC)c1cc(CC(=O)O)c2cccnc2c1O. The number of hydrogen-bond donors (Lipinski definition) is 3. The first-order valence-electron chi connectivity index (χ1n) is 9.83. The largest absolute Gasteiger partial charge is 0.505 e. The molecule has 168 valence electrons. The van der Waals surface area contributed by atoms with Crippen molar-refractivity contribution in [1.29, 1.82) is 0 Å². The summed E-state index contributed by atoms with van der Waals surface area (Å²) in [5.41, 5.74) is 1.55. The van der Waals surface area contributed by atoms with E-state index >= 15 is 0 Å². The molecule has 0 saturated heterocycles. The molecule has 2 rings (SSSR count). The van der Waals surface area contributed by atoms with Crippen LogP contribution in [0.4, 0.5) is 0 Å². The lowest BCUT2D eigenvalue weighted by atomic mass is 9.92. The minimum absolute atomic E-state index is 0.0941. The zero-order valence-corrected chi connectivity index (χ0v) is 19.4. The monoisotopic (exact) mass is 473 g/mol. The van der Waals surface area contributed by atoms with Gasteiger partial charge in [0.05, 0.1) is 22.5 Å². The second-order valence-corrected chi connectivity index (χ2v) is 7.65. The fourth-order valence-corrected chi connectivity index (χ4v) is 3.53. The molecule has 0 bridgehead atoms. The van der Waals surface area contributed by atoms with E-state index in [1.807, 2.05) is 13.0 Å². The molecule has 1 atom stereocenters. The first-order chi connectivity index (χ1) is 15.2. The van der Waals surface area contributed by atoms with E-state index < -0.39 is 12.0 Å². The summed E-state index contributed by atoms with van der Waals surface area (Å²) in [6, 6.07) is 4.25. The lowest BCUT2D eigenvalue weighted by Crippen LogP contribution is -2.29. The Hall–Kier alpha value is -3.09. The molecule has 1 aromatic heterocycles. The molecule has 1 aromatic carbocycles. The summed E-state index contributed by atoms with van der Waals surface area (Å²) in [7, 11) is 1.62. The Kier molecular flexibility index (Phi) is 9.05. The van der Waals surface area contributed by atoms with Crippen LogP contribution >= 0.6 is 23.2 Å². The molecule has 0 aliphatic rings. The van der Waals surface area contributed by atoms with Gasteiger partial charge < -0.3 is 15.5 Å². The Bertz CT molecular complexity index is 1140. The molecule has 1 heterocycles. The molecule has 32 heavy (non-hydrogen) atoms. The normalized spacial score (nSPS) is 13.7. The van der Waals surface area contributed by atoms with Crippen LogP contribution in [0.15, 0.2) is 76.4 Å². The highest BCUT2D eigenvalue weighted by Crippen LogP contribution is 2.39. The lowest BCUT2D eigenvalue weighted by molar-refractivity contribution is -0.136. The Morgan fingerprint density at radius 3 is 2.69 bits per heavy atom. The number of nitrogens with zero attached hydrogens (tertiary/aromatic N) is 2. The highest BCUT2D eigenvalue weighted by Gasteiger charge is 2.25. The van der Waals surface area contributed by atoms with Crippen molar-refractivity contribution in [3.8, 4) is 5.75 Å². The minimum atomic E-state index is -1.01. The zero-order valence-electron chi connectivity index (χ0n) is 17.9. The maximum absolute atomic E-state index is 11.5. The van der Waals surface area contributed by atoms with Gasteiger partial charge in [-0.2, -0.15) is 0 Å². The van der Waals surface area contributed by atoms with Gasteiger partial charge in [-0.25, -0.2) is 0 Å². The van der Waals surface area contributed by atoms with Gasteiger partial charge in [-0.3, -0.25) is 14.8 Å². The summed E-state index contributed by atoms with van der Waals surface area (Å²) in [6.45, 7) is 9.51. The number of carboxylic acid groups (broad SMARTS) is 1. The summed E-state index contributed by atoms with van der Waals surface area (Å²) in [6.07, 6.45) is 7.29.